The Morgan fingerprint density at radius 3 is 2.96 bits per heavy atom. The number of pyridine rings is 2. The zero-order valence-corrected chi connectivity index (χ0v) is 14.5. The van der Waals surface area contributed by atoms with Crippen LogP contribution in [0.25, 0.3) is 21.9 Å². The standard InChI is InChI=1S/C19H20N4S/c1-2-10-22-11-6-17-15(4-9-21-19(17)22)7-13-24-23-12-5-16-3-8-20-14-18(16)23/h3-6,8-9,11-12,14H,2,7,10,13H2,1H3. The van der Waals surface area contributed by atoms with Crippen LogP contribution in [-0.4, -0.2) is 24.3 Å². The van der Waals surface area contributed by atoms with E-state index in [1.165, 1.54) is 21.9 Å². The third kappa shape index (κ3) is 2.80. The molecule has 0 fully saturated rings. The highest BCUT2D eigenvalue weighted by Gasteiger charge is 2.07. The lowest BCUT2D eigenvalue weighted by molar-refractivity contribution is 0.697. The summed E-state index contributed by atoms with van der Waals surface area (Å²) in [4.78, 5) is 8.79. The van der Waals surface area contributed by atoms with Crippen LogP contribution in [0.3, 0.4) is 0 Å². The summed E-state index contributed by atoms with van der Waals surface area (Å²) in [5, 5.41) is 2.52. The minimum atomic E-state index is 1.02. The Morgan fingerprint density at radius 1 is 1.08 bits per heavy atom. The van der Waals surface area contributed by atoms with Crippen LogP contribution < -0.4 is 0 Å². The summed E-state index contributed by atoms with van der Waals surface area (Å²) in [7, 11) is 0. The molecule has 0 N–H and O–H groups in total. The topological polar surface area (TPSA) is 35.6 Å². The number of hydrogen-bond donors (Lipinski definition) is 0. The molecule has 4 heterocycles. The lowest BCUT2D eigenvalue weighted by Crippen LogP contribution is -1.98. The summed E-state index contributed by atoms with van der Waals surface area (Å²) in [6, 6.07) is 8.54. The van der Waals surface area contributed by atoms with Gasteiger partial charge < -0.3 is 4.57 Å². The molecule has 0 aromatic carbocycles. The summed E-state index contributed by atoms with van der Waals surface area (Å²) in [6.07, 6.45) is 12.1. The van der Waals surface area contributed by atoms with Gasteiger partial charge in [0.2, 0.25) is 0 Å². The second-order valence-corrected chi connectivity index (χ2v) is 6.94. The average Bonchev–Trinajstić information content (AvgIpc) is 3.21. The first-order valence-electron chi connectivity index (χ1n) is 8.34. The molecule has 0 unspecified atom stereocenters. The number of hydrogen-bond acceptors (Lipinski definition) is 3. The molecular formula is C19H20N4S. The molecule has 24 heavy (non-hydrogen) atoms. The SMILES string of the molecule is CCCn1ccc2c(CCSn3ccc4ccncc43)ccnc21. The number of rotatable bonds is 6. The molecule has 0 saturated heterocycles. The number of nitrogens with zero attached hydrogens (tertiary/aromatic N) is 4. The Hall–Kier alpha value is -2.27. The van der Waals surface area contributed by atoms with Gasteiger partial charge in [0.15, 0.2) is 0 Å². The van der Waals surface area contributed by atoms with E-state index in [4.69, 9.17) is 0 Å². The van der Waals surface area contributed by atoms with Gasteiger partial charge in [-0.3, -0.25) is 8.96 Å². The fourth-order valence-corrected chi connectivity index (χ4v) is 4.05. The van der Waals surface area contributed by atoms with Crippen molar-refractivity contribution in [3.8, 4) is 0 Å². The molecule has 0 radical (unpaired) electrons. The van der Waals surface area contributed by atoms with Crippen LogP contribution in [0, 0.1) is 0 Å². The smallest absolute Gasteiger partial charge is 0.140 e. The van der Waals surface area contributed by atoms with E-state index in [9.17, 15) is 0 Å². The first kappa shape index (κ1) is 15.3. The van der Waals surface area contributed by atoms with Gasteiger partial charge in [0.05, 0.1) is 11.7 Å². The molecule has 0 saturated carbocycles. The maximum Gasteiger partial charge on any atom is 0.140 e. The third-order valence-corrected chi connectivity index (χ3v) is 5.26. The predicted molar refractivity (Wildman–Crippen MR) is 101 cm³/mol. The number of aromatic nitrogens is 4. The lowest BCUT2D eigenvalue weighted by Gasteiger charge is -2.07. The lowest BCUT2D eigenvalue weighted by atomic mass is 10.1. The van der Waals surface area contributed by atoms with Crippen molar-refractivity contribution in [2.75, 3.05) is 5.75 Å². The molecule has 0 aliphatic rings. The summed E-state index contributed by atoms with van der Waals surface area (Å²) in [6.45, 7) is 3.22. The van der Waals surface area contributed by atoms with E-state index in [1.54, 1.807) is 0 Å². The Balaban J connectivity index is 1.51. The molecule has 5 heteroatoms. The summed E-state index contributed by atoms with van der Waals surface area (Å²) >= 11 is 1.83. The predicted octanol–water partition coefficient (Wildman–Crippen LogP) is 4.54. The van der Waals surface area contributed by atoms with Crippen molar-refractivity contribution < 1.29 is 0 Å². The van der Waals surface area contributed by atoms with Gasteiger partial charge in [0, 0.05) is 47.9 Å². The van der Waals surface area contributed by atoms with Crippen molar-refractivity contribution >= 4 is 33.9 Å². The second kappa shape index (κ2) is 6.69. The maximum atomic E-state index is 4.56. The van der Waals surface area contributed by atoms with Gasteiger partial charge >= 0.3 is 0 Å². The van der Waals surface area contributed by atoms with Crippen molar-refractivity contribution in [2.24, 2.45) is 0 Å². The first-order valence-corrected chi connectivity index (χ1v) is 9.28. The molecule has 0 bridgehead atoms. The summed E-state index contributed by atoms with van der Waals surface area (Å²) in [5.41, 5.74) is 3.66. The van der Waals surface area contributed by atoms with Crippen LogP contribution in [0.4, 0.5) is 0 Å². The normalized spacial score (nSPS) is 11.5. The van der Waals surface area contributed by atoms with Crippen LogP contribution in [0.15, 0.2) is 55.2 Å². The van der Waals surface area contributed by atoms with E-state index < -0.39 is 0 Å². The van der Waals surface area contributed by atoms with Gasteiger partial charge in [-0.2, -0.15) is 0 Å². The van der Waals surface area contributed by atoms with Crippen molar-refractivity contribution in [1.29, 1.82) is 0 Å². The third-order valence-electron chi connectivity index (χ3n) is 4.28. The Morgan fingerprint density at radius 2 is 2.04 bits per heavy atom. The van der Waals surface area contributed by atoms with Gasteiger partial charge in [-0.15, -0.1) is 0 Å². The van der Waals surface area contributed by atoms with Crippen molar-refractivity contribution in [3.63, 3.8) is 0 Å². The van der Waals surface area contributed by atoms with Gasteiger partial charge in [0.1, 0.15) is 5.65 Å². The van der Waals surface area contributed by atoms with E-state index in [1.807, 2.05) is 30.5 Å². The van der Waals surface area contributed by atoms with Crippen LogP contribution in [-0.2, 0) is 13.0 Å². The van der Waals surface area contributed by atoms with E-state index in [0.29, 0.717) is 0 Å². The highest BCUT2D eigenvalue weighted by molar-refractivity contribution is 7.97. The van der Waals surface area contributed by atoms with Crippen LogP contribution in [0.2, 0.25) is 0 Å². The van der Waals surface area contributed by atoms with Crippen molar-refractivity contribution in [1.82, 2.24) is 18.5 Å². The fourth-order valence-electron chi connectivity index (χ4n) is 3.10. The minimum Gasteiger partial charge on any atom is -0.333 e. The highest BCUT2D eigenvalue weighted by atomic mass is 32.2. The van der Waals surface area contributed by atoms with E-state index >= 15 is 0 Å². The number of aryl methyl sites for hydroxylation is 2. The average molecular weight is 336 g/mol. The maximum absolute atomic E-state index is 4.56. The Labute approximate surface area is 145 Å². The van der Waals surface area contributed by atoms with Gasteiger partial charge in [0.25, 0.3) is 0 Å². The van der Waals surface area contributed by atoms with Crippen molar-refractivity contribution in [2.45, 2.75) is 26.3 Å². The van der Waals surface area contributed by atoms with Gasteiger partial charge in [-0.25, -0.2) is 4.98 Å². The van der Waals surface area contributed by atoms with E-state index in [-0.39, 0.29) is 0 Å². The molecule has 0 aliphatic carbocycles. The zero-order chi connectivity index (χ0) is 16.4. The van der Waals surface area contributed by atoms with Gasteiger partial charge in [-0.1, -0.05) is 6.92 Å². The highest BCUT2D eigenvalue weighted by Crippen LogP contribution is 2.23. The van der Waals surface area contributed by atoms with Crippen molar-refractivity contribution in [3.05, 3.63) is 60.8 Å². The van der Waals surface area contributed by atoms with E-state index in [0.717, 1.165) is 30.8 Å². The molecule has 4 nitrogen and oxygen atoms in total. The molecule has 0 amide bonds. The minimum absolute atomic E-state index is 1.02. The second-order valence-electron chi connectivity index (χ2n) is 5.88. The van der Waals surface area contributed by atoms with E-state index in [2.05, 4.69) is 62.1 Å². The molecule has 4 aromatic rings. The molecule has 0 spiro atoms. The molecule has 4 rings (SSSR count). The summed E-state index contributed by atoms with van der Waals surface area (Å²) < 4.78 is 4.46. The molecule has 0 atom stereocenters. The van der Waals surface area contributed by atoms with Gasteiger partial charge in [-0.05, 0) is 54.6 Å². The zero-order valence-electron chi connectivity index (χ0n) is 13.7. The monoisotopic (exact) mass is 336 g/mol. The summed E-state index contributed by atoms with van der Waals surface area (Å²) in [5.74, 6) is 1.02. The Kier molecular flexibility index (Phi) is 4.26. The fraction of sp³-hybridized carbons (Fsp3) is 0.263. The van der Waals surface area contributed by atoms with Crippen LogP contribution in [0.5, 0.6) is 0 Å². The quantitative estimate of drug-likeness (QED) is 0.519. The molecule has 4 aromatic heterocycles. The molecule has 0 aliphatic heterocycles. The molecule has 122 valence electrons. The number of fused-ring (bicyclic) bond motifs is 2. The molecular weight excluding hydrogens is 316 g/mol. The Bertz CT molecular complexity index is 970. The van der Waals surface area contributed by atoms with Crippen LogP contribution in [0.1, 0.15) is 18.9 Å². The van der Waals surface area contributed by atoms with Crippen LogP contribution >= 0.6 is 11.9 Å². The largest absolute Gasteiger partial charge is 0.333 e. The first-order chi connectivity index (χ1) is 11.9.